The lowest BCUT2D eigenvalue weighted by molar-refractivity contribution is 0.101. The lowest BCUT2D eigenvalue weighted by atomic mass is 10.1. The maximum atomic E-state index is 12.4. The Morgan fingerprint density at radius 1 is 1.18 bits per heavy atom. The number of hydrogen-bond donors (Lipinski definition) is 0. The third kappa shape index (κ3) is 2.72. The van der Waals surface area contributed by atoms with Gasteiger partial charge in [-0.1, -0.05) is 36.0 Å². The minimum Gasteiger partial charge on any atom is -0.496 e. The molecule has 5 heteroatoms. The number of nitrogens with zero attached hydrogens (tertiary/aromatic N) is 2. The van der Waals surface area contributed by atoms with Gasteiger partial charge in [0, 0.05) is 7.05 Å². The molecule has 0 atom stereocenters. The van der Waals surface area contributed by atoms with Gasteiger partial charge in [0.1, 0.15) is 5.75 Å². The number of aryl methyl sites for hydroxylation is 1. The maximum Gasteiger partial charge on any atom is 0.176 e. The van der Waals surface area contributed by atoms with Crippen LogP contribution in [0.1, 0.15) is 10.4 Å². The molecule has 0 radical (unpaired) electrons. The highest BCUT2D eigenvalue weighted by molar-refractivity contribution is 7.99. The summed E-state index contributed by atoms with van der Waals surface area (Å²) >= 11 is 1.44. The average Bonchev–Trinajstić information content (AvgIpc) is 2.89. The number of fused-ring (bicyclic) bond motifs is 1. The number of carbonyl (C=O) groups excluding carboxylic acids is 1. The van der Waals surface area contributed by atoms with Crippen molar-refractivity contribution in [1.82, 2.24) is 9.55 Å². The summed E-state index contributed by atoms with van der Waals surface area (Å²) in [5.74, 6) is 0.977. The molecular weight excluding hydrogens is 296 g/mol. The summed E-state index contributed by atoms with van der Waals surface area (Å²) in [5, 5.41) is 0.837. The molecule has 22 heavy (non-hydrogen) atoms. The smallest absolute Gasteiger partial charge is 0.176 e. The first-order valence-electron chi connectivity index (χ1n) is 6.91. The van der Waals surface area contributed by atoms with Gasteiger partial charge in [0.15, 0.2) is 10.9 Å². The van der Waals surface area contributed by atoms with Crippen LogP contribution in [0.4, 0.5) is 0 Å². The predicted molar refractivity (Wildman–Crippen MR) is 88.8 cm³/mol. The van der Waals surface area contributed by atoms with Crippen LogP contribution in [0.3, 0.4) is 0 Å². The van der Waals surface area contributed by atoms with Crippen molar-refractivity contribution < 1.29 is 9.53 Å². The number of imidazole rings is 1. The van der Waals surface area contributed by atoms with Crippen molar-refractivity contribution in [3.8, 4) is 5.75 Å². The third-order valence-electron chi connectivity index (χ3n) is 3.49. The minimum atomic E-state index is 0.0366. The fourth-order valence-electron chi connectivity index (χ4n) is 2.34. The van der Waals surface area contributed by atoms with Crippen molar-refractivity contribution >= 4 is 28.6 Å². The van der Waals surface area contributed by atoms with Crippen LogP contribution in [0.2, 0.25) is 0 Å². The molecule has 112 valence electrons. The van der Waals surface area contributed by atoms with Crippen molar-refractivity contribution in [1.29, 1.82) is 0 Å². The summed E-state index contributed by atoms with van der Waals surface area (Å²) in [5.41, 5.74) is 2.61. The first-order valence-corrected chi connectivity index (χ1v) is 7.89. The highest BCUT2D eigenvalue weighted by atomic mass is 32.2. The van der Waals surface area contributed by atoms with Gasteiger partial charge in [0.05, 0.1) is 29.5 Å². The fourth-order valence-corrected chi connectivity index (χ4v) is 3.21. The number of para-hydroxylation sites is 3. The lowest BCUT2D eigenvalue weighted by Crippen LogP contribution is -2.05. The van der Waals surface area contributed by atoms with E-state index in [1.54, 1.807) is 19.2 Å². The molecule has 0 N–H and O–H groups in total. The summed E-state index contributed by atoms with van der Waals surface area (Å²) in [6.07, 6.45) is 0. The molecule has 1 aromatic heterocycles. The monoisotopic (exact) mass is 312 g/mol. The van der Waals surface area contributed by atoms with Crippen LogP contribution in [0, 0.1) is 0 Å². The minimum absolute atomic E-state index is 0.0366. The van der Waals surface area contributed by atoms with Crippen LogP contribution in [-0.2, 0) is 7.05 Å². The van der Waals surface area contributed by atoms with Crippen molar-refractivity contribution in [2.75, 3.05) is 12.9 Å². The Morgan fingerprint density at radius 3 is 2.68 bits per heavy atom. The fraction of sp³-hybridized carbons (Fsp3) is 0.176. The lowest BCUT2D eigenvalue weighted by Gasteiger charge is -2.07. The Balaban J connectivity index is 1.79. The Kier molecular flexibility index (Phi) is 4.15. The number of aromatic nitrogens is 2. The quantitative estimate of drug-likeness (QED) is 0.534. The number of methoxy groups -OCH3 is 1. The van der Waals surface area contributed by atoms with E-state index < -0.39 is 0 Å². The molecule has 0 aliphatic rings. The van der Waals surface area contributed by atoms with Gasteiger partial charge in [0.2, 0.25) is 0 Å². The van der Waals surface area contributed by atoms with E-state index in [0.717, 1.165) is 16.2 Å². The number of rotatable bonds is 5. The number of benzene rings is 2. The molecule has 0 aliphatic heterocycles. The molecule has 3 aromatic rings. The Morgan fingerprint density at radius 2 is 1.91 bits per heavy atom. The SMILES string of the molecule is COc1ccccc1C(=O)CSc1nc2ccccc2n1C. The summed E-state index contributed by atoms with van der Waals surface area (Å²) in [7, 11) is 3.54. The van der Waals surface area contributed by atoms with Crippen LogP contribution in [0.15, 0.2) is 53.7 Å². The first-order chi connectivity index (χ1) is 10.7. The molecule has 4 nitrogen and oxygen atoms in total. The highest BCUT2D eigenvalue weighted by Gasteiger charge is 2.14. The first kappa shape index (κ1) is 14.7. The van der Waals surface area contributed by atoms with Gasteiger partial charge >= 0.3 is 0 Å². The van der Waals surface area contributed by atoms with Gasteiger partial charge in [-0.05, 0) is 24.3 Å². The van der Waals surface area contributed by atoms with Crippen molar-refractivity contribution in [3.05, 3.63) is 54.1 Å². The largest absolute Gasteiger partial charge is 0.496 e. The molecule has 0 fully saturated rings. The van der Waals surface area contributed by atoms with Crippen molar-refractivity contribution in [3.63, 3.8) is 0 Å². The summed E-state index contributed by atoms with van der Waals surface area (Å²) < 4.78 is 7.25. The Hall–Kier alpha value is -2.27. The Bertz CT molecular complexity index is 826. The van der Waals surface area contributed by atoms with Crippen molar-refractivity contribution in [2.45, 2.75) is 5.16 Å². The summed E-state index contributed by atoms with van der Waals surface area (Å²) in [6, 6.07) is 15.2. The number of ether oxygens (including phenoxy) is 1. The second-order valence-electron chi connectivity index (χ2n) is 4.85. The number of hydrogen-bond acceptors (Lipinski definition) is 4. The molecular formula is C17H16N2O2S. The standard InChI is InChI=1S/C17H16N2O2S/c1-19-14-9-5-4-8-13(14)18-17(19)22-11-15(20)12-7-3-6-10-16(12)21-2/h3-10H,11H2,1-2H3. The van der Waals surface area contributed by atoms with E-state index in [9.17, 15) is 4.79 Å². The molecule has 0 saturated heterocycles. The molecule has 0 bridgehead atoms. The molecule has 3 rings (SSSR count). The summed E-state index contributed by atoms with van der Waals surface area (Å²) in [6.45, 7) is 0. The van der Waals surface area contributed by atoms with E-state index in [4.69, 9.17) is 4.74 Å². The van der Waals surface area contributed by atoms with E-state index in [2.05, 4.69) is 4.98 Å². The zero-order chi connectivity index (χ0) is 15.5. The van der Waals surface area contributed by atoms with Gasteiger partial charge in [-0.2, -0.15) is 0 Å². The van der Waals surface area contributed by atoms with Crippen molar-refractivity contribution in [2.24, 2.45) is 7.05 Å². The van der Waals surface area contributed by atoms with Crippen LogP contribution in [0.5, 0.6) is 5.75 Å². The number of ketones is 1. The molecule has 1 heterocycles. The second-order valence-corrected chi connectivity index (χ2v) is 5.80. The molecule has 2 aromatic carbocycles. The Labute approximate surface area is 133 Å². The average molecular weight is 312 g/mol. The maximum absolute atomic E-state index is 12.4. The molecule has 0 spiro atoms. The number of thioether (sulfide) groups is 1. The highest BCUT2D eigenvalue weighted by Crippen LogP contribution is 2.25. The zero-order valence-electron chi connectivity index (χ0n) is 12.4. The second kappa shape index (κ2) is 6.23. The van der Waals surface area contributed by atoms with E-state index in [0.29, 0.717) is 17.1 Å². The van der Waals surface area contributed by atoms with E-state index in [-0.39, 0.29) is 5.78 Å². The zero-order valence-corrected chi connectivity index (χ0v) is 13.3. The molecule has 0 aliphatic carbocycles. The molecule has 0 unspecified atom stereocenters. The number of Topliss-reactive ketones (excluding diaryl/α,β-unsaturated/α-hetero) is 1. The summed E-state index contributed by atoms with van der Waals surface area (Å²) in [4.78, 5) is 16.9. The predicted octanol–water partition coefficient (Wildman–Crippen LogP) is 3.56. The molecule has 0 saturated carbocycles. The normalized spacial score (nSPS) is 10.8. The van der Waals surface area contributed by atoms with E-state index in [1.165, 1.54) is 11.8 Å². The van der Waals surface area contributed by atoms with Crippen LogP contribution >= 0.6 is 11.8 Å². The van der Waals surface area contributed by atoms with Gasteiger partial charge in [-0.15, -0.1) is 0 Å². The van der Waals surface area contributed by atoms with Crippen LogP contribution < -0.4 is 4.74 Å². The third-order valence-corrected chi connectivity index (χ3v) is 4.52. The van der Waals surface area contributed by atoms with Crippen LogP contribution in [-0.4, -0.2) is 28.2 Å². The van der Waals surface area contributed by atoms with Gasteiger partial charge in [-0.25, -0.2) is 4.98 Å². The van der Waals surface area contributed by atoms with Gasteiger partial charge in [0.25, 0.3) is 0 Å². The topological polar surface area (TPSA) is 44.1 Å². The molecule has 0 amide bonds. The van der Waals surface area contributed by atoms with E-state index in [1.807, 2.05) is 48.0 Å². The number of carbonyl (C=O) groups is 1. The van der Waals surface area contributed by atoms with Gasteiger partial charge in [-0.3, -0.25) is 4.79 Å². The van der Waals surface area contributed by atoms with Crippen LogP contribution in [0.25, 0.3) is 11.0 Å². The van der Waals surface area contributed by atoms with Gasteiger partial charge < -0.3 is 9.30 Å². The van der Waals surface area contributed by atoms with E-state index >= 15 is 0 Å².